The molecule has 1 aromatic carbocycles. The van der Waals surface area contributed by atoms with E-state index in [1.165, 1.54) is 18.2 Å². The smallest absolute Gasteiger partial charge is 0.223 e. The van der Waals surface area contributed by atoms with Crippen molar-refractivity contribution in [3.05, 3.63) is 34.6 Å². The summed E-state index contributed by atoms with van der Waals surface area (Å²) in [4.78, 5) is 11.9. The number of hydrogen-bond acceptors (Lipinski definition) is 3. The molecule has 2 unspecified atom stereocenters. The molecule has 1 heterocycles. The summed E-state index contributed by atoms with van der Waals surface area (Å²) in [5.41, 5.74) is 0.0208. The summed E-state index contributed by atoms with van der Waals surface area (Å²) in [6.45, 7) is 3.46. The highest BCUT2D eigenvalue weighted by molar-refractivity contribution is 6.31. The molecule has 0 spiro atoms. The molecule has 21 heavy (non-hydrogen) atoms. The van der Waals surface area contributed by atoms with Crippen LogP contribution in [0.4, 0.5) is 4.39 Å². The van der Waals surface area contributed by atoms with Crippen molar-refractivity contribution in [2.24, 2.45) is 11.8 Å². The standard InChI is InChI=1S/C14H18ClFN2O2.ClH/c1-8(9-5-17-6-9)14(20)18-7-12(19)13-10(15)3-2-4-11(13)16;/h2-4,8-9,12,17,19H,5-7H2,1H3,(H,18,20);1H. The van der Waals surface area contributed by atoms with Gasteiger partial charge >= 0.3 is 0 Å². The van der Waals surface area contributed by atoms with Crippen LogP contribution in [-0.2, 0) is 4.79 Å². The zero-order chi connectivity index (χ0) is 14.7. The largest absolute Gasteiger partial charge is 0.386 e. The van der Waals surface area contributed by atoms with Gasteiger partial charge in [0.05, 0.1) is 0 Å². The molecular weight excluding hydrogens is 318 g/mol. The maximum atomic E-state index is 13.6. The zero-order valence-corrected chi connectivity index (χ0v) is 13.2. The fourth-order valence-corrected chi connectivity index (χ4v) is 2.46. The Morgan fingerprint density at radius 1 is 1.57 bits per heavy atom. The summed E-state index contributed by atoms with van der Waals surface area (Å²) in [6.07, 6.45) is -1.15. The van der Waals surface area contributed by atoms with Crippen LogP contribution in [0.3, 0.4) is 0 Å². The van der Waals surface area contributed by atoms with Crippen LogP contribution in [0.5, 0.6) is 0 Å². The fraction of sp³-hybridized carbons (Fsp3) is 0.500. The number of aliphatic hydroxyl groups excluding tert-OH is 1. The topological polar surface area (TPSA) is 61.4 Å². The van der Waals surface area contributed by atoms with Crippen molar-refractivity contribution in [1.82, 2.24) is 10.6 Å². The summed E-state index contributed by atoms with van der Waals surface area (Å²) in [6, 6.07) is 4.21. The van der Waals surface area contributed by atoms with E-state index in [1.54, 1.807) is 0 Å². The molecule has 1 amide bonds. The molecule has 2 rings (SSSR count). The first kappa shape index (κ1) is 18.2. The van der Waals surface area contributed by atoms with Crippen molar-refractivity contribution in [2.45, 2.75) is 13.0 Å². The van der Waals surface area contributed by atoms with Gasteiger partial charge < -0.3 is 15.7 Å². The van der Waals surface area contributed by atoms with Gasteiger partial charge in [0.25, 0.3) is 0 Å². The van der Waals surface area contributed by atoms with Crippen LogP contribution in [0.2, 0.25) is 5.02 Å². The van der Waals surface area contributed by atoms with E-state index in [4.69, 9.17) is 11.6 Å². The Morgan fingerprint density at radius 2 is 2.24 bits per heavy atom. The zero-order valence-electron chi connectivity index (χ0n) is 11.6. The van der Waals surface area contributed by atoms with Crippen molar-refractivity contribution in [3.8, 4) is 0 Å². The third kappa shape index (κ3) is 4.30. The van der Waals surface area contributed by atoms with Crippen molar-refractivity contribution >= 4 is 29.9 Å². The lowest BCUT2D eigenvalue weighted by Gasteiger charge is -2.31. The van der Waals surface area contributed by atoms with Gasteiger partial charge in [0.1, 0.15) is 11.9 Å². The highest BCUT2D eigenvalue weighted by Gasteiger charge is 2.29. The second-order valence-corrected chi connectivity index (χ2v) is 5.51. The van der Waals surface area contributed by atoms with Gasteiger partial charge in [-0.25, -0.2) is 4.39 Å². The Balaban J connectivity index is 0.00000220. The molecule has 3 N–H and O–H groups in total. The van der Waals surface area contributed by atoms with E-state index < -0.39 is 11.9 Å². The number of aliphatic hydroxyl groups is 1. The third-order valence-electron chi connectivity index (χ3n) is 3.74. The minimum absolute atomic E-state index is 0. The van der Waals surface area contributed by atoms with Gasteiger partial charge in [0.2, 0.25) is 5.91 Å². The van der Waals surface area contributed by atoms with E-state index in [0.29, 0.717) is 5.92 Å². The molecule has 0 bridgehead atoms. The summed E-state index contributed by atoms with van der Waals surface area (Å²) in [5.74, 6) is -0.512. The number of rotatable bonds is 5. The van der Waals surface area contributed by atoms with Gasteiger partial charge in [-0.05, 0) is 31.1 Å². The lowest BCUT2D eigenvalue weighted by atomic mass is 9.88. The first-order chi connectivity index (χ1) is 9.50. The predicted molar refractivity (Wildman–Crippen MR) is 82.2 cm³/mol. The van der Waals surface area contributed by atoms with Crippen molar-refractivity contribution in [2.75, 3.05) is 19.6 Å². The van der Waals surface area contributed by atoms with Crippen LogP contribution in [0, 0.1) is 17.7 Å². The SMILES string of the molecule is CC(C(=O)NCC(O)c1c(F)cccc1Cl)C1CNC1.Cl. The number of benzene rings is 1. The average molecular weight is 337 g/mol. The second-order valence-electron chi connectivity index (χ2n) is 5.10. The Bertz CT molecular complexity index is 478. The molecule has 0 radical (unpaired) electrons. The molecule has 1 aliphatic rings. The van der Waals surface area contributed by atoms with Gasteiger partial charge in [0, 0.05) is 23.0 Å². The minimum Gasteiger partial charge on any atom is -0.386 e. The first-order valence-electron chi connectivity index (χ1n) is 6.61. The number of carbonyl (C=O) groups is 1. The van der Waals surface area contributed by atoms with E-state index in [0.717, 1.165) is 13.1 Å². The Labute approximate surface area is 134 Å². The Morgan fingerprint density at radius 3 is 2.76 bits per heavy atom. The van der Waals surface area contributed by atoms with Gasteiger partial charge in [-0.2, -0.15) is 0 Å². The van der Waals surface area contributed by atoms with Gasteiger partial charge in [0.15, 0.2) is 0 Å². The van der Waals surface area contributed by atoms with E-state index in [1.807, 2.05) is 6.92 Å². The number of halogens is 3. The lowest BCUT2D eigenvalue weighted by Crippen LogP contribution is -2.50. The Kier molecular flexibility index (Phi) is 6.87. The van der Waals surface area contributed by atoms with Gasteiger partial charge in [-0.1, -0.05) is 24.6 Å². The molecular formula is C14H19Cl2FN2O2. The molecule has 1 aliphatic heterocycles. The maximum absolute atomic E-state index is 13.6. The van der Waals surface area contributed by atoms with Crippen LogP contribution in [0.15, 0.2) is 18.2 Å². The summed E-state index contributed by atoms with van der Waals surface area (Å²) in [5, 5.41) is 15.9. The molecule has 0 aromatic heterocycles. The molecule has 1 saturated heterocycles. The molecule has 7 heteroatoms. The third-order valence-corrected chi connectivity index (χ3v) is 4.07. The predicted octanol–water partition coefficient (Wildman–Crippen LogP) is 1.91. The minimum atomic E-state index is -1.15. The quantitative estimate of drug-likeness (QED) is 0.769. The van der Waals surface area contributed by atoms with Crippen LogP contribution in [0.25, 0.3) is 0 Å². The second kappa shape index (κ2) is 7.94. The van der Waals surface area contributed by atoms with Crippen LogP contribution < -0.4 is 10.6 Å². The number of carbonyl (C=O) groups excluding carboxylic acids is 1. The normalized spacial score (nSPS) is 17.3. The van der Waals surface area contributed by atoms with Crippen LogP contribution in [0.1, 0.15) is 18.6 Å². The van der Waals surface area contributed by atoms with Crippen LogP contribution in [-0.4, -0.2) is 30.6 Å². The summed E-state index contributed by atoms with van der Waals surface area (Å²) >= 11 is 5.86. The fourth-order valence-electron chi connectivity index (χ4n) is 2.17. The Hall–Kier alpha value is -0.880. The highest BCUT2D eigenvalue weighted by atomic mass is 35.5. The van der Waals surface area contributed by atoms with Gasteiger partial charge in [-0.15, -0.1) is 12.4 Å². The van der Waals surface area contributed by atoms with E-state index in [-0.39, 0.29) is 41.4 Å². The molecule has 1 aromatic rings. The number of hydrogen-bond donors (Lipinski definition) is 3. The monoisotopic (exact) mass is 336 g/mol. The summed E-state index contributed by atoms with van der Waals surface area (Å²) in [7, 11) is 0. The molecule has 1 fully saturated rings. The number of nitrogens with one attached hydrogen (secondary N) is 2. The average Bonchev–Trinajstić information content (AvgIpc) is 2.33. The van der Waals surface area contributed by atoms with E-state index in [9.17, 15) is 14.3 Å². The van der Waals surface area contributed by atoms with Crippen molar-refractivity contribution in [3.63, 3.8) is 0 Å². The van der Waals surface area contributed by atoms with Crippen molar-refractivity contribution in [1.29, 1.82) is 0 Å². The molecule has 2 atom stereocenters. The maximum Gasteiger partial charge on any atom is 0.223 e. The summed E-state index contributed by atoms with van der Waals surface area (Å²) < 4.78 is 13.6. The lowest BCUT2D eigenvalue weighted by molar-refractivity contribution is -0.127. The molecule has 0 saturated carbocycles. The van der Waals surface area contributed by atoms with Crippen molar-refractivity contribution < 1.29 is 14.3 Å². The molecule has 118 valence electrons. The van der Waals surface area contributed by atoms with E-state index >= 15 is 0 Å². The van der Waals surface area contributed by atoms with Gasteiger partial charge in [-0.3, -0.25) is 4.79 Å². The molecule has 0 aliphatic carbocycles. The number of amides is 1. The first-order valence-corrected chi connectivity index (χ1v) is 6.99. The molecule has 4 nitrogen and oxygen atoms in total. The highest BCUT2D eigenvalue weighted by Crippen LogP contribution is 2.25. The van der Waals surface area contributed by atoms with Crippen LogP contribution >= 0.6 is 24.0 Å². The van der Waals surface area contributed by atoms with E-state index in [2.05, 4.69) is 10.6 Å².